The van der Waals surface area contributed by atoms with Crippen LogP contribution in [-0.4, -0.2) is 12.1 Å². The topological polar surface area (TPSA) is 24.1 Å². The fraction of sp³-hybridized carbons (Fsp3) is 1.00. The molecule has 2 N–H and O–H groups in total. The SMILES string of the molecule is CC12CCCC(C)(CNN1)C1(C)CCC2CC1. The van der Waals surface area contributed by atoms with E-state index in [9.17, 15) is 0 Å². The zero-order valence-electron chi connectivity index (χ0n) is 11.7. The molecule has 2 unspecified atom stereocenters. The standard InChI is InChI=1S/C15H28N2/c1-13-9-5-12(6-10-13)15(3)8-4-7-14(13,2)11-16-17-15/h12,16-17H,4-11H2,1-3H3. The van der Waals surface area contributed by atoms with E-state index in [1.54, 1.807) is 0 Å². The molecule has 3 aliphatic heterocycles. The quantitative estimate of drug-likeness (QED) is 0.675. The van der Waals surface area contributed by atoms with Gasteiger partial charge in [-0.15, -0.1) is 0 Å². The van der Waals surface area contributed by atoms with Crippen LogP contribution >= 0.6 is 0 Å². The molecule has 2 atom stereocenters. The molecule has 3 heterocycles. The molecule has 0 aromatic rings. The highest BCUT2D eigenvalue weighted by molar-refractivity contribution is 5.04. The summed E-state index contributed by atoms with van der Waals surface area (Å²) in [7, 11) is 0. The van der Waals surface area contributed by atoms with Crippen molar-refractivity contribution in [3.63, 3.8) is 0 Å². The molecule has 6 rings (SSSR count). The summed E-state index contributed by atoms with van der Waals surface area (Å²) in [4.78, 5) is 0. The molecule has 4 bridgehead atoms. The highest BCUT2D eigenvalue weighted by atomic mass is 15.4. The van der Waals surface area contributed by atoms with Crippen molar-refractivity contribution in [2.45, 2.75) is 71.3 Å². The van der Waals surface area contributed by atoms with Crippen molar-refractivity contribution in [3.05, 3.63) is 0 Å². The van der Waals surface area contributed by atoms with E-state index in [-0.39, 0.29) is 0 Å². The van der Waals surface area contributed by atoms with Crippen LogP contribution in [0.4, 0.5) is 0 Å². The van der Waals surface area contributed by atoms with Gasteiger partial charge in [-0.2, -0.15) is 0 Å². The maximum Gasteiger partial charge on any atom is 0.0323 e. The zero-order valence-corrected chi connectivity index (χ0v) is 11.7. The fourth-order valence-electron chi connectivity index (χ4n) is 4.75. The number of hydrazine groups is 1. The van der Waals surface area contributed by atoms with Crippen molar-refractivity contribution in [3.8, 4) is 0 Å². The zero-order chi connectivity index (χ0) is 12.1. The summed E-state index contributed by atoms with van der Waals surface area (Å²) in [5.41, 5.74) is 8.66. The van der Waals surface area contributed by atoms with Gasteiger partial charge in [0.05, 0.1) is 0 Å². The average molecular weight is 236 g/mol. The molecule has 2 nitrogen and oxygen atoms in total. The maximum absolute atomic E-state index is 3.69. The first-order valence-corrected chi connectivity index (χ1v) is 7.48. The van der Waals surface area contributed by atoms with Gasteiger partial charge in [0, 0.05) is 12.1 Å². The Balaban J connectivity index is 2.03. The third-order valence-corrected chi connectivity index (χ3v) is 6.72. The first kappa shape index (κ1) is 12.0. The number of hydrogen-bond donors (Lipinski definition) is 2. The van der Waals surface area contributed by atoms with Gasteiger partial charge >= 0.3 is 0 Å². The monoisotopic (exact) mass is 236 g/mol. The Hall–Kier alpha value is -0.0800. The molecule has 98 valence electrons. The molecule has 3 aliphatic carbocycles. The Morgan fingerprint density at radius 3 is 2.29 bits per heavy atom. The summed E-state index contributed by atoms with van der Waals surface area (Å²) in [6, 6.07) is 0. The van der Waals surface area contributed by atoms with Gasteiger partial charge in [0.2, 0.25) is 0 Å². The van der Waals surface area contributed by atoms with Crippen LogP contribution in [0.3, 0.4) is 0 Å². The molecule has 2 heteroatoms. The van der Waals surface area contributed by atoms with Crippen LogP contribution in [0.15, 0.2) is 0 Å². The number of nitrogens with one attached hydrogen (secondary N) is 2. The van der Waals surface area contributed by atoms with Crippen molar-refractivity contribution < 1.29 is 0 Å². The Bertz CT molecular complexity index is 292. The highest BCUT2D eigenvalue weighted by Gasteiger charge is 2.51. The smallest absolute Gasteiger partial charge is 0.0323 e. The van der Waals surface area contributed by atoms with E-state index in [1.807, 2.05) is 0 Å². The summed E-state index contributed by atoms with van der Waals surface area (Å²) in [5, 5.41) is 0. The molecule has 6 aliphatic rings. The second-order valence-corrected chi connectivity index (χ2v) is 7.65. The average Bonchev–Trinajstić information content (AvgIpc) is 2.36. The van der Waals surface area contributed by atoms with Crippen LogP contribution in [0, 0.1) is 16.7 Å². The van der Waals surface area contributed by atoms with E-state index in [0.29, 0.717) is 16.4 Å². The van der Waals surface area contributed by atoms with Crippen molar-refractivity contribution in [1.82, 2.24) is 10.9 Å². The van der Waals surface area contributed by atoms with Gasteiger partial charge in [0.25, 0.3) is 0 Å². The van der Waals surface area contributed by atoms with Crippen LogP contribution in [0.25, 0.3) is 0 Å². The Morgan fingerprint density at radius 1 is 0.882 bits per heavy atom. The fourth-order valence-corrected chi connectivity index (χ4v) is 4.75. The Labute approximate surface area is 106 Å². The maximum atomic E-state index is 3.69. The third kappa shape index (κ3) is 1.67. The summed E-state index contributed by atoms with van der Waals surface area (Å²) in [5.74, 6) is 0.878. The van der Waals surface area contributed by atoms with E-state index in [1.165, 1.54) is 44.9 Å². The molecule has 0 radical (unpaired) electrons. The largest absolute Gasteiger partial charge is 0.257 e. The summed E-state index contributed by atoms with van der Waals surface area (Å²) in [6.45, 7) is 8.67. The lowest BCUT2D eigenvalue weighted by Gasteiger charge is -2.49. The third-order valence-electron chi connectivity index (χ3n) is 6.72. The molecule has 3 saturated heterocycles. The van der Waals surface area contributed by atoms with Crippen molar-refractivity contribution in [2.75, 3.05) is 6.54 Å². The van der Waals surface area contributed by atoms with Crippen LogP contribution in [-0.2, 0) is 0 Å². The van der Waals surface area contributed by atoms with Gasteiger partial charge in [-0.3, -0.25) is 10.9 Å². The van der Waals surface area contributed by atoms with Gasteiger partial charge in [0.1, 0.15) is 0 Å². The molecular weight excluding hydrogens is 208 g/mol. The van der Waals surface area contributed by atoms with Gasteiger partial charge in [0.15, 0.2) is 0 Å². The van der Waals surface area contributed by atoms with Crippen LogP contribution in [0.1, 0.15) is 65.7 Å². The predicted molar refractivity (Wildman–Crippen MR) is 71.6 cm³/mol. The normalized spacial score (nSPS) is 54.9. The van der Waals surface area contributed by atoms with Gasteiger partial charge in [-0.25, -0.2) is 0 Å². The van der Waals surface area contributed by atoms with Crippen LogP contribution < -0.4 is 10.9 Å². The Kier molecular flexibility index (Phi) is 2.61. The van der Waals surface area contributed by atoms with Crippen molar-refractivity contribution in [2.24, 2.45) is 16.7 Å². The molecule has 0 aromatic carbocycles. The van der Waals surface area contributed by atoms with E-state index in [4.69, 9.17) is 0 Å². The molecule has 0 spiro atoms. The highest BCUT2D eigenvalue weighted by Crippen LogP contribution is 2.56. The van der Waals surface area contributed by atoms with Gasteiger partial charge in [-0.1, -0.05) is 20.3 Å². The first-order valence-electron chi connectivity index (χ1n) is 7.48. The van der Waals surface area contributed by atoms with Crippen LogP contribution in [0.5, 0.6) is 0 Å². The molecule has 6 fully saturated rings. The predicted octanol–water partition coefficient (Wildman–Crippen LogP) is 3.24. The van der Waals surface area contributed by atoms with E-state index in [2.05, 4.69) is 31.6 Å². The second kappa shape index (κ2) is 3.71. The molecule has 0 amide bonds. The lowest BCUT2D eigenvalue weighted by molar-refractivity contribution is 0.0164. The molecule has 3 saturated carbocycles. The summed E-state index contributed by atoms with van der Waals surface area (Å²) < 4.78 is 0. The minimum Gasteiger partial charge on any atom is -0.257 e. The van der Waals surface area contributed by atoms with Crippen molar-refractivity contribution >= 4 is 0 Å². The lowest BCUT2D eigenvalue weighted by atomic mass is 9.56. The summed E-state index contributed by atoms with van der Waals surface area (Å²) in [6.07, 6.45) is 9.87. The van der Waals surface area contributed by atoms with Gasteiger partial charge in [-0.05, 0) is 62.2 Å². The molecular formula is C15H28N2. The minimum atomic E-state index is 0.340. The van der Waals surface area contributed by atoms with E-state index >= 15 is 0 Å². The van der Waals surface area contributed by atoms with Crippen LogP contribution in [0.2, 0.25) is 0 Å². The minimum absolute atomic E-state index is 0.340. The number of rotatable bonds is 0. The number of hydrogen-bond acceptors (Lipinski definition) is 2. The van der Waals surface area contributed by atoms with E-state index < -0.39 is 0 Å². The first-order chi connectivity index (χ1) is 7.98. The second-order valence-electron chi connectivity index (χ2n) is 7.65. The molecule has 0 aromatic heterocycles. The molecule has 17 heavy (non-hydrogen) atoms. The van der Waals surface area contributed by atoms with E-state index in [0.717, 1.165) is 12.5 Å². The lowest BCUT2D eigenvalue weighted by Crippen LogP contribution is -2.57. The summed E-state index contributed by atoms with van der Waals surface area (Å²) >= 11 is 0. The Morgan fingerprint density at radius 2 is 1.59 bits per heavy atom. The van der Waals surface area contributed by atoms with Gasteiger partial charge < -0.3 is 0 Å². The van der Waals surface area contributed by atoms with Crippen molar-refractivity contribution in [1.29, 1.82) is 0 Å².